The van der Waals surface area contributed by atoms with Crippen molar-refractivity contribution >= 4 is 11.3 Å². The number of piperazine rings is 1. The second-order valence-electron chi connectivity index (χ2n) is 8.46. The summed E-state index contributed by atoms with van der Waals surface area (Å²) in [7, 11) is 0. The number of nitrogens with zero attached hydrogens (tertiary/aromatic N) is 4. The first kappa shape index (κ1) is 23.3. The van der Waals surface area contributed by atoms with Crippen molar-refractivity contribution in [2.24, 2.45) is 5.92 Å². The Balaban J connectivity index is 1.42. The van der Waals surface area contributed by atoms with Gasteiger partial charge in [-0.3, -0.25) is 4.90 Å². The monoisotopic (exact) mass is 436 g/mol. The molecule has 164 valence electrons. The van der Waals surface area contributed by atoms with E-state index < -0.39 is 5.41 Å². The van der Waals surface area contributed by atoms with Gasteiger partial charge in [-0.05, 0) is 49.6 Å². The summed E-state index contributed by atoms with van der Waals surface area (Å²) in [6, 6.07) is 18.6. The lowest BCUT2D eigenvalue weighted by Crippen LogP contribution is -2.47. The quantitative estimate of drug-likeness (QED) is 0.548. The van der Waals surface area contributed by atoms with Gasteiger partial charge in [0.2, 0.25) is 0 Å². The first-order valence-corrected chi connectivity index (χ1v) is 11.9. The standard InChI is InChI=1S/C25H32N4OS/c1-21(2)25(20-27,24-10-9-23(19-26)31-24)11-6-12-28-13-15-29(16-14-28)17-18-30-22-7-4-3-5-8-22/h3-5,7-10,21H,6,11-18H2,1-2H3. The average Bonchev–Trinajstić information content (AvgIpc) is 3.28. The molecule has 1 saturated heterocycles. The lowest BCUT2D eigenvalue weighted by molar-refractivity contribution is 0.114. The summed E-state index contributed by atoms with van der Waals surface area (Å²) in [6.45, 7) is 11.2. The second kappa shape index (κ2) is 11.3. The Morgan fingerprint density at radius 3 is 2.26 bits per heavy atom. The van der Waals surface area contributed by atoms with E-state index in [0.717, 1.165) is 62.7 Å². The van der Waals surface area contributed by atoms with Crippen LogP contribution in [-0.2, 0) is 5.41 Å². The molecule has 31 heavy (non-hydrogen) atoms. The maximum Gasteiger partial charge on any atom is 0.119 e. The molecular weight excluding hydrogens is 404 g/mol. The van der Waals surface area contributed by atoms with Gasteiger partial charge >= 0.3 is 0 Å². The van der Waals surface area contributed by atoms with Gasteiger partial charge in [-0.2, -0.15) is 10.5 Å². The third-order valence-electron chi connectivity index (χ3n) is 6.27. The Morgan fingerprint density at radius 2 is 1.68 bits per heavy atom. The minimum atomic E-state index is -0.504. The number of ether oxygens (including phenoxy) is 1. The predicted octanol–water partition coefficient (Wildman–Crippen LogP) is 4.51. The molecule has 1 aliphatic heterocycles. The highest BCUT2D eigenvalue weighted by atomic mass is 32.1. The highest BCUT2D eigenvalue weighted by Crippen LogP contribution is 2.40. The van der Waals surface area contributed by atoms with E-state index >= 15 is 0 Å². The van der Waals surface area contributed by atoms with Crippen LogP contribution < -0.4 is 4.74 Å². The van der Waals surface area contributed by atoms with Gasteiger partial charge in [-0.1, -0.05) is 32.0 Å². The molecule has 1 fully saturated rings. The van der Waals surface area contributed by atoms with Gasteiger partial charge in [0.05, 0.1) is 11.5 Å². The smallest absolute Gasteiger partial charge is 0.119 e. The van der Waals surface area contributed by atoms with Gasteiger partial charge in [0.25, 0.3) is 0 Å². The van der Waals surface area contributed by atoms with E-state index in [2.05, 4.69) is 35.8 Å². The molecule has 1 aliphatic rings. The number of rotatable bonds is 10. The van der Waals surface area contributed by atoms with Crippen molar-refractivity contribution in [3.05, 3.63) is 52.2 Å². The fourth-order valence-electron chi connectivity index (χ4n) is 4.20. The van der Waals surface area contributed by atoms with Crippen LogP contribution in [0.5, 0.6) is 5.75 Å². The van der Waals surface area contributed by atoms with E-state index in [1.54, 1.807) is 0 Å². The van der Waals surface area contributed by atoms with Gasteiger partial charge < -0.3 is 9.64 Å². The Labute approximate surface area is 190 Å². The number of thiophene rings is 1. The largest absolute Gasteiger partial charge is 0.492 e. The van der Waals surface area contributed by atoms with Crippen LogP contribution in [0.1, 0.15) is 36.4 Å². The average molecular weight is 437 g/mol. The molecule has 0 N–H and O–H groups in total. The molecule has 0 aliphatic carbocycles. The molecule has 2 aromatic rings. The number of hydrogen-bond acceptors (Lipinski definition) is 6. The normalized spacial score (nSPS) is 17.1. The van der Waals surface area contributed by atoms with Crippen molar-refractivity contribution in [3.63, 3.8) is 0 Å². The molecule has 6 heteroatoms. The zero-order valence-electron chi connectivity index (χ0n) is 18.6. The third kappa shape index (κ3) is 6.08. The van der Waals surface area contributed by atoms with E-state index in [1.165, 1.54) is 11.3 Å². The van der Waals surface area contributed by atoms with Crippen LogP contribution >= 0.6 is 11.3 Å². The Hall–Kier alpha value is -2.38. The number of benzene rings is 1. The molecule has 1 unspecified atom stereocenters. The fourth-order valence-corrected chi connectivity index (χ4v) is 5.32. The highest BCUT2D eigenvalue weighted by Gasteiger charge is 2.37. The van der Waals surface area contributed by atoms with Crippen molar-refractivity contribution in [1.82, 2.24) is 9.80 Å². The minimum absolute atomic E-state index is 0.212. The minimum Gasteiger partial charge on any atom is -0.492 e. The van der Waals surface area contributed by atoms with Crippen molar-refractivity contribution in [1.29, 1.82) is 10.5 Å². The van der Waals surface area contributed by atoms with Gasteiger partial charge in [0.1, 0.15) is 23.3 Å². The second-order valence-corrected chi connectivity index (χ2v) is 9.55. The topological polar surface area (TPSA) is 63.3 Å². The van der Waals surface area contributed by atoms with E-state index in [1.807, 2.05) is 42.5 Å². The molecule has 0 amide bonds. The molecule has 2 heterocycles. The molecular formula is C25H32N4OS. The summed E-state index contributed by atoms with van der Waals surface area (Å²) >= 11 is 1.47. The van der Waals surface area contributed by atoms with Crippen LogP contribution in [0.2, 0.25) is 0 Å². The van der Waals surface area contributed by atoms with E-state index in [9.17, 15) is 5.26 Å². The van der Waals surface area contributed by atoms with Gasteiger partial charge in [0.15, 0.2) is 0 Å². The third-order valence-corrected chi connectivity index (χ3v) is 7.44. The van der Waals surface area contributed by atoms with Crippen LogP contribution in [0.4, 0.5) is 0 Å². The summed E-state index contributed by atoms with van der Waals surface area (Å²) in [4.78, 5) is 6.68. The van der Waals surface area contributed by atoms with Crippen molar-refractivity contribution in [3.8, 4) is 17.9 Å². The van der Waals surface area contributed by atoms with E-state index in [-0.39, 0.29) is 5.92 Å². The number of para-hydroxylation sites is 1. The molecule has 1 aromatic heterocycles. The van der Waals surface area contributed by atoms with Crippen LogP contribution in [0.15, 0.2) is 42.5 Å². The molecule has 1 aromatic carbocycles. The van der Waals surface area contributed by atoms with E-state index in [4.69, 9.17) is 10.00 Å². The maximum absolute atomic E-state index is 10.1. The van der Waals surface area contributed by atoms with Crippen LogP contribution in [-0.4, -0.2) is 55.7 Å². The zero-order valence-corrected chi connectivity index (χ0v) is 19.4. The van der Waals surface area contributed by atoms with Crippen molar-refractivity contribution in [2.45, 2.75) is 32.1 Å². The Morgan fingerprint density at radius 1 is 1.00 bits per heavy atom. The molecule has 5 nitrogen and oxygen atoms in total. The Bertz CT molecular complexity index is 890. The molecule has 0 radical (unpaired) electrons. The van der Waals surface area contributed by atoms with Gasteiger partial charge in [-0.25, -0.2) is 0 Å². The zero-order chi connectivity index (χ0) is 22.1. The first-order chi connectivity index (χ1) is 15.1. The van der Waals surface area contributed by atoms with Crippen LogP contribution in [0.25, 0.3) is 0 Å². The highest BCUT2D eigenvalue weighted by molar-refractivity contribution is 7.12. The molecule has 3 rings (SSSR count). The summed E-state index contributed by atoms with van der Waals surface area (Å²) in [5.41, 5.74) is -0.504. The van der Waals surface area contributed by atoms with E-state index in [0.29, 0.717) is 11.5 Å². The summed E-state index contributed by atoms with van der Waals surface area (Å²) in [5, 5.41) is 19.2. The number of nitriles is 2. The van der Waals surface area contributed by atoms with Crippen LogP contribution in [0, 0.1) is 28.6 Å². The lowest BCUT2D eigenvalue weighted by atomic mass is 9.73. The van der Waals surface area contributed by atoms with Crippen LogP contribution in [0.3, 0.4) is 0 Å². The summed E-state index contributed by atoms with van der Waals surface area (Å²) in [5.74, 6) is 1.14. The SMILES string of the molecule is CC(C)C(C#N)(CCCN1CCN(CCOc2ccccc2)CC1)c1ccc(C#N)s1. The summed E-state index contributed by atoms with van der Waals surface area (Å²) in [6.07, 6.45) is 1.82. The van der Waals surface area contributed by atoms with Gasteiger partial charge in [-0.15, -0.1) is 11.3 Å². The lowest BCUT2D eigenvalue weighted by Gasteiger charge is -2.35. The number of hydrogen-bond donors (Lipinski definition) is 0. The molecule has 0 spiro atoms. The maximum atomic E-state index is 10.1. The van der Waals surface area contributed by atoms with Crippen molar-refractivity contribution in [2.75, 3.05) is 45.9 Å². The predicted molar refractivity (Wildman–Crippen MR) is 125 cm³/mol. The van der Waals surface area contributed by atoms with Gasteiger partial charge in [0, 0.05) is 37.6 Å². The fraction of sp³-hybridized carbons (Fsp3) is 0.520. The summed E-state index contributed by atoms with van der Waals surface area (Å²) < 4.78 is 5.82. The first-order valence-electron chi connectivity index (χ1n) is 11.1. The van der Waals surface area contributed by atoms with Crippen molar-refractivity contribution < 1.29 is 4.74 Å². The Kier molecular flexibility index (Phi) is 8.49. The molecule has 0 saturated carbocycles. The molecule has 0 bridgehead atoms. The molecule has 1 atom stereocenters.